The van der Waals surface area contributed by atoms with E-state index in [2.05, 4.69) is 21.2 Å². The minimum absolute atomic E-state index is 0.0786. The van der Waals surface area contributed by atoms with E-state index in [4.69, 9.17) is 9.47 Å². The molecule has 0 fully saturated rings. The third-order valence-electron chi connectivity index (χ3n) is 5.85. The van der Waals surface area contributed by atoms with Crippen molar-refractivity contribution < 1.29 is 19.1 Å². The van der Waals surface area contributed by atoms with Crippen LogP contribution in [-0.4, -0.2) is 36.6 Å². The number of halogens is 1. The Morgan fingerprint density at radius 2 is 1.65 bits per heavy atom. The number of hydrogen-bond acceptors (Lipinski definition) is 4. The maximum absolute atomic E-state index is 13.6. The van der Waals surface area contributed by atoms with Gasteiger partial charge >= 0.3 is 0 Å². The second kappa shape index (κ2) is 11.2. The SMILES string of the molecule is CNC(=O)C(Cc1ccccc1)N(Cc1ccc(Br)cc1)C(=O)CCc1ccc2c(c1)OCO2. The van der Waals surface area contributed by atoms with Crippen molar-refractivity contribution in [1.82, 2.24) is 10.2 Å². The van der Waals surface area contributed by atoms with Crippen molar-refractivity contribution in [3.8, 4) is 11.5 Å². The van der Waals surface area contributed by atoms with Crippen LogP contribution in [0.5, 0.6) is 11.5 Å². The first-order valence-corrected chi connectivity index (χ1v) is 12.0. The van der Waals surface area contributed by atoms with Crippen molar-refractivity contribution in [3.05, 3.63) is 94.0 Å². The van der Waals surface area contributed by atoms with Crippen molar-refractivity contribution in [3.63, 3.8) is 0 Å². The van der Waals surface area contributed by atoms with Gasteiger partial charge in [0.2, 0.25) is 18.6 Å². The average molecular weight is 523 g/mol. The molecular weight excluding hydrogens is 496 g/mol. The van der Waals surface area contributed by atoms with Gasteiger partial charge in [0.05, 0.1) is 0 Å². The maximum atomic E-state index is 13.6. The summed E-state index contributed by atoms with van der Waals surface area (Å²) < 4.78 is 11.8. The Kier molecular flexibility index (Phi) is 7.85. The fourth-order valence-corrected chi connectivity index (χ4v) is 4.26. The van der Waals surface area contributed by atoms with Crippen LogP contribution in [0.2, 0.25) is 0 Å². The van der Waals surface area contributed by atoms with E-state index in [9.17, 15) is 9.59 Å². The Balaban J connectivity index is 1.56. The summed E-state index contributed by atoms with van der Waals surface area (Å²) in [5.74, 6) is 1.15. The van der Waals surface area contributed by atoms with Gasteiger partial charge in [0.25, 0.3) is 0 Å². The molecule has 1 heterocycles. The molecule has 3 aromatic carbocycles. The summed E-state index contributed by atoms with van der Waals surface area (Å²) in [4.78, 5) is 28.2. The molecular formula is C27H27BrN2O4. The number of aryl methyl sites for hydroxylation is 1. The highest BCUT2D eigenvalue weighted by molar-refractivity contribution is 9.10. The number of benzene rings is 3. The highest BCUT2D eigenvalue weighted by Crippen LogP contribution is 2.33. The number of hydrogen-bond donors (Lipinski definition) is 1. The number of ether oxygens (including phenoxy) is 2. The van der Waals surface area contributed by atoms with Crippen LogP contribution in [0.4, 0.5) is 0 Å². The first-order chi connectivity index (χ1) is 16.5. The molecule has 4 rings (SSSR count). The monoisotopic (exact) mass is 522 g/mol. The van der Waals surface area contributed by atoms with E-state index in [0.717, 1.165) is 26.9 Å². The molecule has 0 bridgehead atoms. The smallest absolute Gasteiger partial charge is 0.242 e. The quantitative estimate of drug-likeness (QED) is 0.449. The zero-order chi connectivity index (χ0) is 23.9. The van der Waals surface area contributed by atoms with Crippen LogP contribution < -0.4 is 14.8 Å². The van der Waals surface area contributed by atoms with Crippen molar-refractivity contribution in [2.24, 2.45) is 0 Å². The molecule has 1 aliphatic heterocycles. The van der Waals surface area contributed by atoms with Gasteiger partial charge < -0.3 is 19.7 Å². The molecule has 0 aromatic heterocycles. The topological polar surface area (TPSA) is 67.9 Å². The molecule has 0 saturated carbocycles. The Morgan fingerprint density at radius 3 is 2.38 bits per heavy atom. The average Bonchev–Trinajstić information content (AvgIpc) is 3.34. The lowest BCUT2D eigenvalue weighted by atomic mass is 10.0. The number of carbonyl (C=O) groups excluding carboxylic acids is 2. The van der Waals surface area contributed by atoms with Gasteiger partial charge in [0.1, 0.15) is 6.04 Å². The van der Waals surface area contributed by atoms with Crippen LogP contribution >= 0.6 is 15.9 Å². The van der Waals surface area contributed by atoms with Gasteiger partial charge in [0, 0.05) is 30.9 Å². The molecule has 1 unspecified atom stereocenters. The van der Waals surface area contributed by atoms with Crippen LogP contribution in [0.15, 0.2) is 77.3 Å². The molecule has 7 heteroatoms. The summed E-state index contributed by atoms with van der Waals surface area (Å²) in [6.45, 7) is 0.560. The van der Waals surface area contributed by atoms with Crippen molar-refractivity contribution in [1.29, 1.82) is 0 Å². The fourth-order valence-electron chi connectivity index (χ4n) is 4.00. The minimum Gasteiger partial charge on any atom is -0.454 e. The lowest BCUT2D eigenvalue weighted by Gasteiger charge is -2.31. The summed E-state index contributed by atoms with van der Waals surface area (Å²) in [6.07, 6.45) is 1.25. The summed E-state index contributed by atoms with van der Waals surface area (Å²) >= 11 is 3.46. The second-order valence-electron chi connectivity index (χ2n) is 8.16. The van der Waals surface area contributed by atoms with E-state index in [1.807, 2.05) is 72.8 Å². The van der Waals surface area contributed by atoms with E-state index in [0.29, 0.717) is 25.1 Å². The molecule has 0 radical (unpaired) electrons. The highest BCUT2D eigenvalue weighted by atomic mass is 79.9. The Labute approximate surface area is 208 Å². The maximum Gasteiger partial charge on any atom is 0.242 e. The molecule has 0 aliphatic carbocycles. The molecule has 176 valence electrons. The molecule has 1 atom stereocenters. The van der Waals surface area contributed by atoms with Crippen LogP contribution in [-0.2, 0) is 29.0 Å². The van der Waals surface area contributed by atoms with Crippen LogP contribution in [0.3, 0.4) is 0 Å². The number of rotatable bonds is 9. The fraction of sp³-hybridized carbons (Fsp3) is 0.259. The van der Waals surface area contributed by atoms with E-state index in [1.54, 1.807) is 11.9 Å². The minimum atomic E-state index is -0.625. The molecule has 34 heavy (non-hydrogen) atoms. The number of nitrogens with one attached hydrogen (secondary N) is 1. The predicted octanol–water partition coefficient (Wildman–Crippen LogP) is 4.50. The lowest BCUT2D eigenvalue weighted by Crippen LogP contribution is -2.49. The summed E-state index contributed by atoms with van der Waals surface area (Å²) in [6, 6.07) is 22.7. The molecule has 0 spiro atoms. The number of nitrogens with zero attached hydrogens (tertiary/aromatic N) is 1. The molecule has 2 amide bonds. The van der Waals surface area contributed by atoms with Gasteiger partial charge in [-0.3, -0.25) is 9.59 Å². The first kappa shape index (κ1) is 23.8. The lowest BCUT2D eigenvalue weighted by molar-refractivity contribution is -0.141. The van der Waals surface area contributed by atoms with E-state index < -0.39 is 6.04 Å². The summed E-state index contributed by atoms with van der Waals surface area (Å²) in [7, 11) is 1.61. The Morgan fingerprint density at radius 1 is 0.941 bits per heavy atom. The van der Waals surface area contributed by atoms with E-state index in [-0.39, 0.29) is 25.0 Å². The van der Waals surface area contributed by atoms with Gasteiger partial charge in [-0.1, -0.05) is 64.5 Å². The molecule has 0 saturated heterocycles. The van der Waals surface area contributed by atoms with Gasteiger partial charge in [-0.05, 0) is 47.4 Å². The zero-order valence-corrected chi connectivity index (χ0v) is 20.6. The van der Waals surface area contributed by atoms with Gasteiger partial charge in [-0.25, -0.2) is 0 Å². The summed E-state index contributed by atoms with van der Waals surface area (Å²) in [5.41, 5.74) is 2.95. The highest BCUT2D eigenvalue weighted by Gasteiger charge is 2.29. The van der Waals surface area contributed by atoms with Gasteiger partial charge in [-0.15, -0.1) is 0 Å². The van der Waals surface area contributed by atoms with E-state index in [1.165, 1.54) is 0 Å². The molecule has 6 nitrogen and oxygen atoms in total. The number of likely N-dealkylation sites (N-methyl/N-ethyl adjacent to an activating group) is 1. The van der Waals surface area contributed by atoms with Crippen molar-refractivity contribution in [2.75, 3.05) is 13.8 Å². The molecule has 1 N–H and O–H groups in total. The largest absolute Gasteiger partial charge is 0.454 e. The molecule has 3 aromatic rings. The number of fused-ring (bicyclic) bond motifs is 1. The van der Waals surface area contributed by atoms with Gasteiger partial charge in [0.15, 0.2) is 11.5 Å². The van der Waals surface area contributed by atoms with E-state index >= 15 is 0 Å². The van der Waals surface area contributed by atoms with Crippen LogP contribution in [0.25, 0.3) is 0 Å². The normalized spacial score (nSPS) is 12.8. The standard InChI is InChI=1S/C27H27BrN2O4/c1-29-27(32)23(15-19-5-3-2-4-6-19)30(17-21-7-11-22(28)12-8-21)26(31)14-10-20-9-13-24-25(16-20)34-18-33-24/h2-9,11-13,16,23H,10,14-15,17-18H2,1H3,(H,29,32). The Hall–Kier alpha value is -3.32. The first-order valence-electron chi connectivity index (χ1n) is 11.2. The number of carbonyl (C=O) groups is 2. The molecule has 1 aliphatic rings. The van der Waals surface area contributed by atoms with Crippen molar-refractivity contribution >= 4 is 27.7 Å². The third kappa shape index (κ3) is 5.97. The summed E-state index contributed by atoms with van der Waals surface area (Å²) in [5, 5.41) is 2.75. The third-order valence-corrected chi connectivity index (χ3v) is 6.38. The van der Waals surface area contributed by atoms with Gasteiger partial charge in [-0.2, -0.15) is 0 Å². The zero-order valence-electron chi connectivity index (χ0n) is 19.0. The van der Waals surface area contributed by atoms with Crippen molar-refractivity contribution in [2.45, 2.75) is 31.8 Å². The number of amides is 2. The predicted molar refractivity (Wildman–Crippen MR) is 134 cm³/mol. The van der Waals surface area contributed by atoms with Crippen LogP contribution in [0.1, 0.15) is 23.1 Å². The second-order valence-corrected chi connectivity index (χ2v) is 9.07. The van der Waals surface area contributed by atoms with Crippen LogP contribution in [0, 0.1) is 0 Å². The Bertz CT molecular complexity index is 1140.